The summed E-state index contributed by atoms with van der Waals surface area (Å²) in [7, 11) is 0. The molecule has 0 aliphatic carbocycles. The summed E-state index contributed by atoms with van der Waals surface area (Å²) in [5.74, 6) is 0.441. The number of aliphatic hydroxyl groups is 2. The Balaban J connectivity index is 2.33. The third-order valence-electron chi connectivity index (χ3n) is 2.55. The second-order valence-corrected chi connectivity index (χ2v) is 6.00. The number of hydrogen-bond acceptors (Lipinski definition) is 6. The molecule has 0 bridgehead atoms. The number of aryl methyl sites for hydroxylation is 2. The minimum absolute atomic E-state index is 0.219. The molecule has 0 aliphatic heterocycles. The van der Waals surface area contributed by atoms with Gasteiger partial charge in [0.15, 0.2) is 0 Å². The topological polar surface area (TPSA) is 66.2 Å². The number of thioether (sulfide) groups is 1. The molecule has 0 unspecified atom stereocenters. The zero-order chi connectivity index (χ0) is 12.4. The maximum absolute atomic E-state index is 9.35. The minimum Gasteiger partial charge on any atom is -0.394 e. The SMILES string of the molecule is Cc1sc2ncnc(SC[C@@H](O)CO)c2c1C. The predicted octanol–water partition coefficient (Wildman–Crippen LogP) is 1.75. The Bertz CT molecular complexity index is 527. The first-order valence-electron chi connectivity index (χ1n) is 5.26. The highest BCUT2D eigenvalue weighted by atomic mass is 32.2. The van der Waals surface area contributed by atoms with E-state index < -0.39 is 6.10 Å². The molecule has 0 saturated heterocycles. The fourth-order valence-corrected chi connectivity index (χ4v) is 3.52. The maximum atomic E-state index is 9.35. The second kappa shape index (κ2) is 5.30. The molecule has 6 heteroatoms. The highest BCUT2D eigenvalue weighted by Gasteiger charge is 2.13. The number of hydrogen-bond donors (Lipinski definition) is 2. The molecule has 2 aromatic rings. The van der Waals surface area contributed by atoms with Crippen LogP contribution in [0.1, 0.15) is 10.4 Å². The van der Waals surface area contributed by atoms with Gasteiger partial charge in [-0.2, -0.15) is 0 Å². The average molecular weight is 270 g/mol. The van der Waals surface area contributed by atoms with Crippen molar-refractivity contribution in [2.45, 2.75) is 25.0 Å². The van der Waals surface area contributed by atoms with Crippen LogP contribution in [0.3, 0.4) is 0 Å². The second-order valence-electron chi connectivity index (χ2n) is 3.79. The summed E-state index contributed by atoms with van der Waals surface area (Å²) >= 11 is 3.11. The van der Waals surface area contributed by atoms with E-state index in [0.29, 0.717) is 5.75 Å². The smallest absolute Gasteiger partial charge is 0.128 e. The first kappa shape index (κ1) is 12.8. The van der Waals surface area contributed by atoms with Crippen LogP contribution in [-0.4, -0.2) is 38.6 Å². The molecule has 92 valence electrons. The molecule has 0 fully saturated rings. The highest BCUT2D eigenvalue weighted by Crippen LogP contribution is 2.34. The molecule has 0 saturated carbocycles. The van der Waals surface area contributed by atoms with Gasteiger partial charge in [-0.05, 0) is 19.4 Å². The number of thiophene rings is 1. The molecular weight excluding hydrogens is 256 g/mol. The molecule has 2 heterocycles. The lowest BCUT2D eigenvalue weighted by molar-refractivity contribution is 0.113. The van der Waals surface area contributed by atoms with Crippen LogP contribution in [0.25, 0.3) is 10.2 Å². The number of aromatic nitrogens is 2. The van der Waals surface area contributed by atoms with Gasteiger partial charge in [0.05, 0.1) is 12.7 Å². The van der Waals surface area contributed by atoms with Crippen LogP contribution in [0.15, 0.2) is 11.4 Å². The Hall–Kier alpha value is -0.690. The predicted molar refractivity (Wildman–Crippen MR) is 70.7 cm³/mol. The molecule has 0 aliphatic rings. The summed E-state index contributed by atoms with van der Waals surface area (Å²) in [5, 5.41) is 20.1. The Kier molecular flexibility index (Phi) is 3.98. The molecule has 4 nitrogen and oxygen atoms in total. The lowest BCUT2D eigenvalue weighted by Gasteiger charge is -2.06. The van der Waals surface area contributed by atoms with E-state index in [1.807, 2.05) is 0 Å². The average Bonchev–Trinajstić information content (AvgIpc) is 2.63. The molecule has 0 aromatic carbocycles. The molecule has 1 atom stereocenters. The largest absolute Gasteiger partial charge is 0.394 e. The standard InChI is InChI=1S/C11H14N2O2S2/c1-6-7(2)17-11-9(6)10(12-5-13-11)16-4-8(15)3-14/h5,8,14-15H,3-4H2,1-2H3/t8-/m0/s1. The molecular formula is C11H14N2O2S2. The van der Waals surface area contributed by atoms with Gasteiger partial charge in [-0.1, -0.05) is 0 Å². The fourth-order valence-electron chi connectivity index (χ4n) is 1.49. The van der Waals surface area contributed by atoms with Crippen LogP contribution < -0.4 is 0 Å². The van der Waals surface area contributed by atoms with Crippen molar-refractivity contribution in [3.05, 3.63) is 16.8 Å². The van der Waals surface area contributed by atoms with Gasteiger partial charge in [-0.15, -0.1) is 23.1 Å². The lowest BCUT2D eigenvalue weighted by Crippen LogP contribution is -2.14. The van der Waals surface area contributed by atoms with E-state index in [9.17, 15) is 5.11 Å². The van der Waals surface area contributed by atoms with Crippen molar-refractivity contribution < 1.29 is 10.2 Å². The summed E-state index contributed by atoms with van der Waals surface area (Å²) in [5.41, 5.74) is 1.20. The van der Waals surface area contributed by atoms with Gasteiger partial charge in [0.25, 0.3) is 0 Å². The molecule has 17 heavy (non-hydrogen) atoms. The van der Waals surface area contributed by atoms with E-state index in [1.54, 1.807) is 17.7 Å². The van der Waals surface area contributed by atoms with Crippen LogP contribution in [0, 0.1) is 13.8 Å². The minimum atomic E-state index is -0.704. The molecule has 0 radical (unpaired) electrons. The van der Waals surface area contributed by atoms with E-state index in [2.05, 4.69) is 23.8 Å². The van der Waals surface area contributed by atoms with Crippen molar-refractivity contribution in [1.29, 1.82) is 0 Å². The quantitative estimate of drug-likeness (QED) is 0.654. The van der Waals surface area contributed by atoms with Crippen molar-refractivity contribution >= 4 is 33.3 Å². The third-order valence-corrected chi connectivity index (χ3v) is 4.80. The number of rotatable bonds is 4. The number of aliphatic hydroxyl groups excluding tert-OH is 2. The van der Waals surface area contributed by atoms with Crippen LogP contribution in [-0.2, 0) is 0 Å². The van der Waals surface area contributed by atoms with Gasteiger partial charge < -0.3 is 10.2 Å². The summed E-state index contributed by atoms with van der Waals surface area (Å²) in [4.78, 5) is 10.7. The molecule has 2 aromatic heterocycles. The first-order valence-corrected chi connectivity index (χ1v) is 7.06. The van der Waals surface area contributed by atoms with Gasteiger partial charge in [0.2, 0.25) is 0 Å². The van der Waals surface area contributed by atoms with Crippen molar-refractivity contribution in [1.82, 2.24) is 9.97 Å². The molecule has 2 N–H and O–H groups in total. The summed E-state index contributed by atoms with van der Waals surface area (Å²) in [6, 6.07) is 0. The van der Waals surface area contributed by atoms with Crippen LogP contribution in [0.4, 0.5) is 0 Å². The maximum Gasteiger partial charge on any atom is 0.128 e. The van der Waals surface area contributed by atoms with Crippen molar-refractivity contribution in [2.75, 3.05) is 12.4 Å². The third kappa shape index (κ3) is 2.60. The first-order chi connectivity index (χ1) is 8.13. The van der Waals surface area contributed by atoms with Crippen molar-refractivity contribution in [3.8, 4) is 0 Å². The molecule has 0 amide bonds. The summed E-state index contributed by atoms with van der Waals surface area (Å²) in [6.45, 7) is 3.91. The lowest BCUT2D eigenvalue weighted by atomic mass is 10.2. The fraction of sp³-hybridized carbons (Fsp3) is 0.455. The van der Waals surface area contributed by atoms with E-state index in [4.69, 9.17) is 5.11 Å². The van der Waals surface area contributed by atoms with E-state index in [-0.39, 0.29) is 6.61 Å². The molecule has 2 rings (SSSR count). The van der Waals surface area contributed by atoms with Crippen LogP contribution in [0.5, 0.6) is 0 Å². The van der Waals surface area contributed by atoms with Gasteiger partial charge in [-0.3, -0.25) is 0 Å². The van der Waals surface area contributed by atoms with Gasteiger partial charge in [0.1, 0.15) is 16.2 Å². The van der Waals surface area contributed by atoms with Gasteiger partial charge in [0, 0.05) is 16.0 Å². The Labute approximate surface area is 108 Å². The number of fused-ring (bicyclic) bond motifs is 1. The van der Waals surface area contributed by atoms with E-state index in [1.165, 1.54) is 22.2 Å². The van der Waals surface area contributed by atoms with E-state index >= 15 is 0 Å². The highest BCUT2D eigenvalue weighted by molar-refractivity contribution is 7.99. The van der Waals surface area contributed by atoms with Crippen LogP contribution in [0.2, 0.25) is 0 Å². The zero-order valence-corrected chi connectivity index (χ0v) is 11.3. The summed E-state index contributed by atoms with van der Waals surface area (Å²) < 4.78 is 0. The van der Waals surface area contributed by atoms with Crippen LogP contribution >= 0.6 is 23.1 Å². The van der Waals surface area contributed by atoms with Gasteiger partial charge >= 0.3 is 0 Å². The van der Waals surface area contributed by atoms with Crippen molar-refractivity contribution in [2.24, 2.45) is 0 Å². The number of nitrogens with zero attached hydrogens (tertiary/aromatic N) is 2. The zero-order valence-electron chi connectivity index (χ0n) is 9.67. The normalized spacial score (nSPS) is 13.2. The Morgan fingerprint density at radius 1 is 1.41 bits per heavy atom. The molecule has 0 spiro atoms. The summed E-state index contributed by atoms with van der Waals surface area (Å²) in [6.07, 6.45) is 0.843. The monoisotopic (exact) mass is 270 g/mol. The van der Waals surface area contributed by atoms with E-state index in [0.717, 1.165) is 15.2 Å². The Morgan fingerprint density at radius 3 is 2.88 bits per heavy atom. The van der Waals surface area contributed by atoms with Crippen molar-refractivity contribution in [3.63, 3.8) is 0 Å². The van der Waals surface area contributed by atoms with Gasteiger partial charge in [-0.25, -0.2) is 9.97 Å². The Morgan fingerprint density at radius 2 is 2.18 bits per heavy atom.